The number of benzene rings is 6. The highest BCUT2D eigenvalue weighted by molar-refractivity contribution is 6.13. The number of nitrogens with zero attached hydrogens (tertiary/aromatic N) is 5. The van der Waals surface area contributed by atoms with Gasteiger partial charge >= 0.3 is 0 Å². The van der Waals surface area contributed by atoms with Gasteiger partial charge in [0.25, 0.3) is 0 Å². The number of hydrogen-bond donors (Lipinski definition) is 1. The molecular weight excluding hydrogens is 621 g/mol. The Kier molecular flexibility index (Phi) is 7.36. The number of nitrogens with one attached hydrogen (secondary N) is 1. The predicted molar refractivity (Wildman–Crippen MR) is 195 cm³/mol. The Morgan fingerprint density at radius 3 is 1.44 bits per heavy atom. The van der Waals surface area contributed by atoms with E-state index >= 15 is 0 Å². The van der Waals surface area contributed by atoms with Crippen molar-refractivity contribution in [3.63, 3.8) is 0 Å². The zero-order valence-electron chi connectivity index (χ0n) is 26.6. The summed E-state index contributed by atoms with van der Waals surface area (Å²) in [7, 11) is 0. The van der Waals surface area contributed by atoms with Crippen molar-refractivity contribution < 1.29 is 9.47 Å². The minimum Gasteiger partial charge on any atom is -0.449 e. The van der Waals surface area contributed by atoms with Crippen molar-refractivity contribution in [1.29, 1.82) is 0 Å². The molecule has 0 amide bonds. The largest absolute Gasteiger partial charge is 0.449 e. The zero-order valence-corrected chi connectivity index (χ0v) is 26.6. The van der Waals surface area contributed by atoms with E-state index in [-0.39, 0.29) is 6.17 Å². The summed E-state index contributed by atoms with van der Waals surface area (Å²) in [6, 6.07) is 51.5. The molecule has 8 nitrogen and oxygen atoms in total. The van der Waals surface area contributed by atoms with Crippen molar-refractivity contribution in [2.45, 2.75) is 6.17 Å². The summed E-state index contributed by atoms with van der Waals surface area (Å²) in [5.41, 5.74) is 5.43. The number of rotatable bonds is 6. The van der Waals surface area contributed by atoms with Crippen LogP contribution in [0.25, 0.3) is 34.2 Å². The summed E-state index contributed by atoms with van der Waals surface area (Å²) in [6.07, 6.45) is -0.300. The van der Waals surface area contributed by atoms with Gasteiger partial charge in [0.05, 0.1) is 0 Å². The molecule has 2 aliphatic rings. The summed E-state index contributed by atoms with van der Waals surface area (Å²) >= 11 is 0. The van der Waals surface area contributed by atoms with Crippen molar-refractivity contribution in [3.05, 3.63) is 174 Å². The van der Waals surface area contributed by atoms with E-state index in [2.05, 4.69) is 17.4 Å². The van der Waals surface area contributed by atoms with E-state index in [1.54, 1.807) is 0 Å². The quantitative estimate of drug-likeness (QED) is 0.193. The molecule has 2 aliphatic heterocycles. The summed E-state index contributed by atoms with van der Waals surface area (Å²) in [4.78, 5) is 24.5. The SMILES string of the molecule is c1ccc(C2=NC(c3ccc4c(c3)Oc3ccc(-c5nc(-c6ccccc6)nc(-c6ccccc6)n5)cc3O4)=NC(c3ccccc3)N2)cc1. The number of hydrogen-bond acceptors (Lipinski definition) is 8. The van der Waals surface area contributed by atoms with Gasteiger partial charge in [-0.05, 0) is 42.0 Å². The molecule has 0 radical (unpaired) electrons. The summed E-state index contributed by atoms with van der Waals surface area (Å²) in [6.45, 7) is 0. The number of ether oxygens (including phenoxy) is 2. The first-order valence-electron chi connectivity index (χ1n) is 16.3. The molecule has 0 fully saturated rings. The van der Waals surface area contributed by atoms with E-state index in [4.69, 9.17) is 34.4 Å². The van der Waals surface area contributed by atoms with E-state index < -0.39 is 0 Å². The van der Waals surface area contributed by atoms with Crippen LogP contribution in [-0.4, -0.2) is 26.6 Å². The van der Waals surface area contributed by atoms with Crippen LogP contribution in [0.3, 0.4) is 0 Å². The molecule has 0 bridgehead atoms. The van der Waals surface area contributed by atoms with Crippen molar-refractivity contribution in [2.24, 2.45) is 9.98 Å². The molecule has 0 aliphatic carbocycles. The fourth-order valence-electron chi connectivity index (χ4n) is 5.92. The van der Waals surface area contributed by atoms with Crippen molar-refractivity contribution in [1.82, 2.24) is 20.3 Å². The maximum Gasteiger partial charge on any atom is 0.170 e. The standard InChI is InChI=1S/C42H28N6O2/c1-5-13-27(14-6-1)37-43-38(28-15-7-2-8-16-28)46-41(45-37)31-21-23-33-35(25-31)49-34-24-22-32(26-36(34)50-33)42-47-39(29-17-9-3-10-18-29)44-40(48-42)30-19-11-4-12-20-30/h1-26,37H,(H,43,45,46). The van der Waals surface area contributed by atoms with Crippen LogP contribution in [0.2, 0.25) is 0 Å². The van der Waals surface area contributed by atoms with E-state index in [1.807, 2.05) is 146 Å². The van der Waals surface area contributed by atoms with Gasteiger partial charge in [-0.15, -0.1) is 0 Å². The Bertz CT molecular complexity index is 2340. The Balaban J connectivity index is 1.05. The van der Waals surface area contributed by atoms with Crippen LogP contribution in [0.4, 0.5) is 0 Å². The number of fused-ring (bicyclic) bond motifs is 2. The van der Waals surface area contributed by atoms with Crippen LogP contribution in [0.1, 0.15) is 22.9 Å². The third-order valence-electron chi connectivity index (χ3n) is 8.45. The molecule has 1 atom stereocenters. The van der Waals surface area contributed by atoms with Gasteiger partial charge in [-0.3, -0.25) is 0 Å². The predicted octanol–water partition coefficient (Wildman–Crippen LogP) is 9.27. The average molecular weight is 649 g/mol. The fraction of sp³-hybridized carbons (Fsp3) is 0.0238. The molecule has 0 saturated carbocycles. The first kappa shape index (κ1) is 29.2. The minimum absolute atomic E-state index is 0.300. The van der Waals surface area contributed by atoms with Crippen molar-refractivity contribution in [3.8, 4) is 57.2 Å². The lowest BCUT2D eigenvalue weighted by Crippen LogP contribution is -2.33. The third-order valence-corrected chi connectivity index (χ3v) is 8.45. The molecule has 6 aromatic carbocycles. The van der Waals surface area contributed by atoms with E-state index in [1.165, 1.54) is 0 Å². The molecule has 9 rings (SSSR count). The fourth-order valence-corrected chi connectivity index (χ4v) is 5.92. The lowest BCUT2D eigenvalue weighted by atomic mass is 10.1. The molecule has 3 heterocycles. The van der Waals surface area contributed by atoms with Gasteiger partial charge in [0, 0.05) is 27.8 Å². The van der Waals surface area contributed by atoms with Gasteiger partial charge in [-0.2, -0.15) is 0 Å². The summed E-state index contributed by atoms with van der Waals surface area (Å²) < 4.78 is 12.8. The van der Waals surface area contributed by atoms with E-state index in [0.29, 0.717) is 46.3 Å². The zero-order chi connectivity index (χ0) is 33.3. The van der Waals surface area contributed by atoms with Gasteiger partial charge in [0.2, 0.25) is 0 Å². The minimum atomic E-state index is -0.300. The molecular formula is C42H28N6O2. The van der Waals surface area contributed by atoms with Gasteiger partial charge in [-0.25, -0.2) is 24.9 Å². The van der Waals surface area contributed by atoms with E-state index in [0.717, 1.165) is 39.2 Å². The van der Waals surface area contributed by atoms with Crippen molar-refractivity contribution in [2.75, 3.05) is 0 Å². The second kappa shape index (κ2) is 12.6. The van der Waals surface area contributed by atoms with Crippen LogP contribution >= 0.6 is 0 Å². The summed E-state index contributed by atoms with van der Waals surface area (Å²) in [5, 5.41) is 3.50. The molecule has 1 N–H and O–H groups in total. The Morgan fingerprint density at radius 1 is 0.420 bits per heavy atom. The molecule has 8 heteroatoms. The smallest absolute Gasteiger partial charge is 0.170 e. The first-order chi connectivity index (χ1) is 24.7. The van der Waals surface area contributed by atoms with Gasteiger partial charge in [0.1, 0.15) is 12.0 Å². The van der Waals surface area contributed by atoms with Crippen LogP contribution in [0, 0.1) is 0 Å². The highest BCUT2D eigenvalue weighted by Gasteiger charge is 2.25. The Morgan fingerprint density at radius 2 is 0.880 bits per heavy atom. The molecule has 0 saturated heterocycles. The van der Waals surface area contributed by atoms with Crippen LogP contribution in [0.15, 0.2) is 168 Å². The van der Waals surface area contributed by atoms with E-state index in [9.17, 15) is 0 Å². The Hall–Kier alpha value is -6.93. The molecule has 1 unspecified atom stereocenters. The Labute approximate surface area is 288 Å². The lowest BCUT2D eigenvalue weighted by Gasteiger charge is -2.25. The maximum absolute atomic E-state index is 6.41. The van der Waals surface area contributed by atoms with Crippen molar-refractivity contribution >= 4 is 11.7 Å². The third kappa shape index (κ3) is 5.75. The number of aromatic nitrogens is 3. The maximum atomic E-state index is 6.41. The molecule has 238 valence electrons. The second-order valence-corrected chi connectivity index (χ2v) is 11.8. The molecule has 0 spiro atoms. The first-order valence-corrected chi connectivity index (χ1v) is 16.3. The topological polar surface area (TPSA) is 93.9 Å². The van der Waals surface area contributed by atoms with Gasteiger partial charge < -0.3 is 14.8 Å². The van der Waals surface area contributed by atoms with Crippen LogP contribution in [-0.2, 0) is 0 Å². The monoisotopic (exact) mass is 648 g/mol. The highest BCUT2D eigenvalue weighted by atomic mass is 16.6. The highest BCUT2D eigenvalue weighted by Crippen LogP contribution is 2.47. The van der Waals surface area contributed by atoms with Crippen LogP contribution < -0.4 is 14.8 Å². The number of aliphatic imine (C=N–C) groups is 2. The second-order valence-electron chi connectivity index (χ2n) is 11.8. The van der Waals surface area contributed by atoms with Gasteiger partial charge in [-0.1, -0.05) is 121 Å². The molecule has 1 aromatic heterocycles. The number of amidine groups is 2. The van der Waals surface area contributed by atoms with Crippen LogP contribution in [0.5, 0.6) is 23.0 Å². The lowest BCUT2D eigenvalue weighted by molar-refractivity contribution is 0.359. The summed E-state index contributed by atoms with van der Waals surface area (Å²) in [5.74, 6) is 5.39. The van der Waals surface area contributed by atoms with Gasteiger partial charge in [0.15, 0.2) is 46.3 Å². The molecule has 7 aromatic rings. The average Bonchev–Trinajstić information content (AvgIpc) is 3.20. The molecule has 50 heavy (non-hydrogen) atoms. The normalized spacial score (nSPS) is 14.5.